The number of nitrogens with zero attached hydrogens (tertiary/aromatic N) is 2. The van der Waals surface area contributed by atoms with Crippen molar-refractivity contribution in [2.24, 2.45) is 0 Å². The smallest absolute Gasteiger partial charge is 0.0749 e. The van der Waals surface area contributed by atoms with Gasteiger partial charge in [-0.15, -0.1) is 0 Å². The summed E-state index contributed by atoms with van der Waals surface area (Å²) in [7, 11) is 1.82. The molecule has 0 radical (unpaired) electrons. The number of piperazine rings is 1. The molecular weight excluding hydrogens is 260 g/mol. The molecular formula is C18H28N2O. The number of fused-ring (bicyclic) bond motifs is 1. The zero-order valence-corrected chi connectivity index (χ0v) is 13.6. The van der Waals surface area contributed by atoms with Crippen molar-refractivity contribution in [3.8, 4) is 0 Å². The van der Waals surface area contributed by atoms with Gasteiger partial charge in [0.1, 0.15) is 0 Å². The number of hydrogen-bond acceptors (Lipinski definition) is 3. The summed E-state index contributed by atoms with van der Waals surface area (Å²) in [6.07, 6.45) is 2.71. The number of hydrogen-bond donors (Lipinski definition) is 0. The molecule has 2 saturated heterocycles. The van der Waals surface area contributed by atoms with Crippen LogP contribution in [0.3, 0.4) is 0 Å². The Morgan fingerprint density at radius 3 is 2.67 bits per heavy atom. The van der Waals surface area contributed by atoms with E-state index >= 15 is 0 Å². The molecule has 1 aromatic carbocycles. The van der Waals surface area contributed by atoms with Crippen LogP contribution in [0, 0.1) is 0 Å². The summed E-state index contributed by atoms with van der Waals surface area (Å²) in [5, 5.41) is 0. The van der Waals surface area contributed by atoms with Crippen molar-refractivity contribution in [2.45, 2.75) is 44.4 Å². The van der Waals surface area contributed by atoms with E-state index < -0.39 is 0 Å². The highest BCUT2D eigenvalue weighted by Crippen LogP contribution is 2.33. The molecule has 3 heteroatoms. The molecule has 0 aromatic heterocycles. The van der Waals surface area contributed by atoms with Crippen LogP contribution in [0.1, 0.15) is 38.3 Å². The fraction of sp³-hybridized carbons (Fsp3) is 0.667. The molecule has 2 unspecified atom stereocenters. The van der Waals surface area contributed by atoms with Crippen molar-refractivity contribution in [2.75, 3.05) is 33.3 Å². The van der Waals surface area contributed by atoms with Crippen LogP contribution >= 0.6 is 0 Å². The first-order valence-electron chi connectivity index (χ1n) is 8.17. The van der Waals surface area contributed by atoms with Gasteiger partial charge in [0.15, 0.2) is 0 Å². The summed E-state index contributed by atoms with van der Waals surface area (Å²) < 4.78 is 5.68. The molecule has 2 atom stereocenters. The lowest BCUT2D eigenvalue weighted by Gasteiger charge is -2.46. The van der Waals surface area contributed by atoms with Gasteiger partial charge in [-0.2, -0.15) is 0 Å². The Morgan fingerprint density at radius 1 is 1.19 bits per heavy atom. The minimum Gasteiger partial charge on any atom is -0.377 e. The Hall–Kier alpha value is -0.900. The average Bonchev–Trinajstić information content (AvgIpc) is 2.94. The lowest BCUT2D eigenvalue weighted by atomic mass is 9.97. The van der Waals surface area contributed by atoms with Crippen molar-refractivity contribution < 1.29 is 4.74 Å². The number of ether oxygens (including phenoxy) is 1. The first-order valence-corrected chi connectivity index (χ1v) is 8.17. The Kier molecular flexibility index (Phi) is 4.34. The highest BCUT2D eigenvalue weighted by Gasteiger charge is 2.38. The normalized spacial score (nSPS) is 27.8. The summed E-state index contributed by atoms with van der Waals surface area (Å²) in [4.78, 5) is 5.33. The van der Waals surface area contributed by atoms with Gasteiger partial charge in [-0.3, -0.25) is 9.80 Å². The summed E-state index contributed by atoms with van der Waals surface area (Å²) >= 11 is 0. The second kappa shape index (κ2) is 6.07. The van der Waals surface area contributed by atoms with Crippen LogP contribution in [0.15, 0.2) is 30.3 Å². The number of benzene rings is 1. The van der Waals surface area contributed by atoms with E-state index in [0.717, 1.165) is 19.1 Å². The average molecular weight is 288 g/mol. The maximum atomic E-state index is 5.68. The van der Waals surface area contributed by atoms with Gasteiger partial charge in [0.05, 0.1) is 5.60 Å². The van der Waals surface area contributed by atoms with Crippen molar-refractivity contribution >= 4 is 0 Å². The van der Waals surface area contributed by atoms with Gasteiger partial charge in [0.25, 0.3) is 0 Å². The van der Waals surface area contributed by atoms with Crippen LogP contribution in [0.25, 0.3) is 0 Å². The molecule has 1 aromatic rings. The van der Waals surface area contributed by atoms with Gasteiger partial charge in [-0.05, 0) is 38.8 Å². The van der Waals surface area contributed by atoms with Crippen molar-refractivity contribution in [1.29, 1.82) is 0 Å². The van der Waals surface area contributed by atoms with Crippen LogP contribution in [0.4, 0.5) is 0 Å². The largest absolute Gasteiger partial charge is 0.377 e. The third kappa shape index (κ3) is 3.31. The second-order valence-corrected chi connectivity index (χ2v) is 7.11. The Bertz CT molecular complexity index is 460. The molecule has 0 bridgehead atoms. The molecule has 0 spiro atoms. The monoisotopic (exact) mass is 288 g/mol. The topological polar surface area (TPSA) is 15.7 Å². The van der Waals surface area contributed by atoms with E-state index in [1.165, 1.54) is 31.5 Å². The van der Waals surface area contributed by atoms with Crippen LogP contribution in [0.5, 0.6) is 0 Å². The zero-order chi connectivity index (χ0) is 14.9. The summed E-state index contributed by atoms with van der Waals surface area (Å²) in [6.45, 7) is 8.98. The third-order valence-corrected chi connectivity index (χ3v) is 5.11. The first kappa shape index (κ1) is 15.0. The predicted octanol–water partition coefficient (Wildman–Crippen LogP) is 2.93. The minimum atomic E-state index is -0.0895. The fourth-order valence-corrected chi connectivity index (χ4v) is 3.80. The van der Waals surface area contributed by atoms with E-state index in [9.17, 15) is 0 Å². The molecule has 0 amide bonds. The van der Waals surface area contributed by atoms with Crippen LogP contribution in [-0.2, 0) is 4.74 Å². The Balaban J connectivity index is 1.82. The quantitative estimate of drug-likeness (QED) is 0.847. The summed E-state index contributed by atoms with van der Waals surface area (Å²) in [5.41, 5.74) is 1.35. The third-order valence-electron chi connectivity index (χ3n) is 5.11. The number of rotatable bonds is 4. The summed E-state index contributed by atoms with van der Waals surface area (Å²) in [6, 6.07) is 12.2. The van der Waals surface area contributed by atoms with Gasteiger partial charge in [0, 0.05) is 38.8 Å². The molecule has 0 aliphatic carbocycles. The van der Waals surface area contributed by atoms with Gasteiger partial charge in [0.2, 0.25) is 0 Å². The fourth-order valence-electron chi connectivity index (χ4n) is 3.80. The van der Waals surface area contributed by atoms with Crippen LogP contribution in [-0.4, -0.2) is 54.7 Å². The highest BCUT2D eigenvalue weighted by atomic mass is 16.5. The number of methoxy groups -OCH3 is 1. The van der Waals surface area contributed by atoms with Gasteiger partial charge >= 0.3 is 0 Å². The van der Waals surface area contributed by atoms with Crippen LogP contribution in [0.2, 0.25) is 0 Å². The second-order valence-electron chi connectivity index (χ2n) is 7.11. The first-order chi connectivity index (χ1) is 10.1. The lowest BCUT2D eigenvalue weighted by molar-refractivity contribution is -0.0430. The lowest BCUT2D eigenvalue weighted by Crippen LogP contribution is -2.55. The van der Waals surface area contributed by atoms with Crippen LogP contribution < -0.4 is 0 Å². The van der Waals surface area contributed by atoms with Gasteiger partial charge < -0.3 is 4.74 Å². The van der Waals surface area contributed by atoms with E-state index in [4.69, 9.17) is 4.74 Å². The molecule has 2 aliphatic heterocycles. The molecule has 3 rings (SSSR count). The Morgan fingerprint density at radius 2 is 1.95 bits per heavy atom. The SMILES string of the molecule is COC(C)(C)CN1CC2CCCN2CC1c1ccccc1. The molecule has 0 saturated carbocycles. The minimum absolute atomic E-state index is 0.0895. The molecule has 2 fully saturated rings. The maximum Gasteiger partial charge on any atom is 0.0749 e. The summed E-state index contributed by atoms with van der Waals surface area (Å²) in [5.74, 6) is 0. The molecule has 116 valence electrons. The van der Waals surface area contributed by atoms with Crippen molar-refractivity contribution in [3.63, 3.8) is 0 Å². The van der Waals surface area contributed by atoms with E-state index in [2.05, 4.69) is 54.0 Å². The van der Waals surface area contributed by atoms with Crippen molar-refractivity contribution in [1.82, 2.24) is 9.80 Å². The predicted molar refractivity (Wildman–Crippen MR) is 86.4 cm³/mol. The molecule has 3 nitrogen and oxygen atoms in total. The standard InChI is InChI=1S/C18H28N2O/c1-18(2,21-3)14-20-12-16-10-7-11-19(16)13-17(20)15-8-5-4-6-9-15/h4-6,8-9,16-17H,7,10-14H2,1-3H3. The molecule has 2 heterocycles. The van der Waals surface area contributed by atoms with Gasteiger partial charge in [-0.1, -0.05) is 30.3 Å². The molecule has 0 N–H and O–H groups in total. The van der Waals surface area contributed by atoms with Gasteiger partial charge in [-0.25, -0.2) is 0 Å². The molecule has 2 aliphatic rings. The highest BCUT2D eigenvalue weighted by molar-refractivity contribution is 5.21. The van der Waals surface area contributed by atoms with E-state index in [-0.39, 0.29) is 5.60 Å². The van der Waals surface area contributed by atoms with E-state index in [1.807, 2.05) is 7.11 Å². The zero-order valence-electron chi connectivity index (χ0n) is 13.6. The van der Waals surface area contributed by atoms with E-state index in [1.54, 1.807) is 0 Å². The Labute approximate surface area is 128 Å². The molecule has 21 heavy (non-hydrogen) atoms. The van der Waals surface area contributed by atoms with E-state index in [0.29, 0.717) is 6.04 Å². The maximum absolute atomic E-state index is 5.68. The van der Waals surface area contributed by atoms with Crippen molar-refractivity contribution in [3.05, 3.63) is 35.9 Å².